The van der Waals surface area contributed by atoms with Gasteiger partial charge in [0.15, 0.2) is 0 Å². The number of amides is 1. The zero-order valence-electron chi connectivity index (χ0n) is 14.3. The normalized spacial score (nSPS) is 20.8. The van der Waals surface area contributed by atoms with Crippen LogP contribution in [0, 0.1) is 0 Å². The van der Waals surface area contributed by atoms with Crippen LogP contribution in [0.1, 0.15) is 31.4 Å². The van der Waals surface area contributed by atoms with E-state index in [0.717, 1.165) is 52.9 Å². The van der Waals surface area contributed by atoms with E-state index in [1.807, 2.05) is 30.0 Å². The van der Waals surface area contributed by atoms with Gasteiger partial charge in [-0.3, -0.25) is 4.79 Å². The molecule has 0 saturated carbocycles. The second-order valence-corrected chi connectivity index (χ2v) is 6.95. The Labute approximate surface area is 146 Å². The fourth-order valence-corrected chi connectivity index (χ4v) is 4.15. The summed E-state index contributed by atoms with van der Waals surface area (Å²) in [5.41, 5.74) is 1.03. The maximum absolute atomic E-state index is 13.0. The zero-order valence-corrected chi connectivity index (χ0v) is 15.1. The lowest BCUT2D eigenvalue weighted by Crippen LogP contribution is -2.32. The lowest BCUT2D eigenvalue weighted by atomic mass is 10.0. The van der Waals surface area contributed by atoms with Crippen LogP contribution in [0.25, 0.3) is 0 Å². The number of carbonyl (C=O) groups excluding carboxylic acids is 1. The van der Waals surface area contributed by atoms with Gasteiger partial charge in [-0.25, -0.2) is 0 Å². The monoisotopic (exact) mass is 349 g/mol. The van der Waals surface area contributed by atoms with Crippen LogP contribution in [0.3, 0.4) is 0 Å². The summed E-state index contributed by atoms with van der Waals surface area (Å²) in [7, 11) is 3.28. The molecular weight excluding hydrogens is 326 g/mol. The highest BCUT2D eigenvalue weighted by molar-refractivity contribution is 8.04. The Balaban J connectivity index is 1.90. The van der Waals surface area contributed by atoms with Gasteiger partial charge in [0.25, 0.3) is 5.91 Å². The topological polar surface area (TPSA) is 48.0 Å². The average Bonchev–Trinajstić information content (AvgIpc) is 3.10. The fourth-order valence-electron chi connectivity index (χ4n) is 3.28. The summed E-state index contributed by atoms with van der Waals surface area (Å²) in [4.78, 5) is 15.7. The van der Waals surface area contributed by atoms with Gasteiger partial charge in [-0.1, -0.05) is 0 Å². The largest absolute Gasteiger partial charge is 0.497 e. The van der Waals surface area contributed by atoms with Crippen LogP contribution >= 0.6 is 11.8 Å². The number of thioether (sulfide) groups is 1. The molecule has 130 valence electrons. The van der Waals surface area contributed by atoms with Gasteiger partial charge in [-0.2, -0.15) is 0 Å². The first-order chi connectivity index (χ1) is 11.7. The van der Waals surface area contributed by atoms with E-state index in [-0.39, 0.29) is 11.9 Å². The molecule has 1 amide bonds. The van der Waals surface area contributed by atoms with Crippen molar-refractivity contribution in [3.05, 3.63) is 34.4 Å². The maximum Gasteiger partial charge on any atom is 0.264 e. The van der Waals surface area contributed by atoms with Crippen LogP contribution < -0.4 is 9.47 Å². The minimum Gasteiger partial charge on any atom is -0.497 e. The smallest absolute Gasteiger partial charge is 0.264 e. The van der Waals surface area contributed by atoms with Gasteiger partial charge < -0.3 is 19.1 Å². The lowest BCUT2D eigenvalue weighted by molar-refractivity contribution is -0.127. The van der Waals surface area contributed by atoms with Crippen LogP contribution in [-0.4, -0.2) is 43.9 Å². The summed E-state index contributed by atoms with van der Waals surface area (Å²) < 4.78 is 16.4. The van der Waals surface area contributed by atoms with Gasteiger partial charge in [0.05, 0.1) is 26.9 Å². The minimum atomic E-state index is 0.0289. The molecule has 0 radical (unpaired) electrons. The summed E-state index contributed by atoms with van der Waals surface area (Å²) in [5, 5.41) is 0. The number of rotatable bonds is 4. The number of benzene rings is 1. The first-order valence-electron chi connectivity index (χ1n) is 8.15. The second-order valence-electron chi connectivity index (χ2n) is 5.85. The Morgan fingerprint density at radius 3 is 2.88 bits per heavy atom. The molecule has 1 aromatic carbocycles. The summed E-state index contributed by atoms with van der Waals surface area (Å²) in [5.74, 6) is 3.14. The molecule has 1 saturated heterocycles. The van der Waals surface area contributed by atoms with Gasteiger partial charge in [-0.05, 0) is 31.9 Å². The molecule has 0 spiro atoms. The van der Waals surface area contributed by atoms with Crippen molar-refractivity contribution < 1.29 is 19.0 Å². The molecule has 0 aromatic heterocycles. The predicted molar refractivity (Wildman–Crippen MR) is 94.3 cm³/mol. The highest BCUT2D eigenvalue weighted by Gasteiger charge is 2.35. The highest BCUT2D eigenvalue weighted by atomic mass is 32.2. The lowest BCUT2D eigenvalue weighted by Gasteiger charge is -2.29. The average molecular weight is 349 g/mol. The van der Waals surface area contributed by atoms with Gasteiger partial charge in [-0.15, -0.1) is 11.8 Å². The molecule has 5 nitrogen and oxygen atoms in total. The van der Waals surface area contributed by atoms with Crippen LogP contribution in [-0.2, 0) is 9.53 Å². The van der Waals surface area contributed by atoms with E-state index < -0.39 is 0 Å². The summed E-state index contributed by atoms with van der Waals surface area (Å²) in [6.07, 6.45) is 1.93. The molecule has 1 fully saturated rings. The van der Waals surface area contributed by atoms with Crippen molar-refractivity contribution in [2.24, 2.45) is 0 Å². The Bertz CT molecular complexity index is 658. The van der Waals surface area contributed by atoms with Crippen molar-refractivity contribution in [3.8, 4) is 11.5 Å². The highest BCUT2D eigenvalue weighted by Crippen LogP contribution is 2.40. The molecule has 3 rings (SSSR count). The number of ether oxygens (including phenoxy) is 3. The van der Waals surface area contributed by atoms with Crippen molar-refractivity contribution in [1.29, 1.82) is 0 Å². The number of methoxy groups -OCH3 is 2. The molecule has 2 heterocycles. The van der Waals surface area contributed by atoms with E-state index in [0.29, 0.717) is 6.61 Å². The van der Waals surface area contributed by atoms with Crippen molar-refractivity contribution in [1.82, 2.24) is 4.90 Å². The fraction of sp³-hybridized carbons (Fsp3) is 0.500. The van der Waals surface area contributed by atoms with Crippen LogP contribution in [0.5, 0.6) is 11.5 Å². The number of carbonyl (C=O) groups is 1. The van der Waals surface area contributed by atoms with Gasteiger partial charge in [0.1, 0.15) is 22.2 Å². The Morgan fingerprint density at radius 2 is 2.17 bits per heavy atom. The first-order valence-corrected chi connectivity index (χ1v) is 9.13. The molecule has 0 aliphatic carbocycles. The molecule has 0 N–H and O–H groups in total. The summed E-state index contributed by atoms with van der Waals surface area (Å²) in [6.45, 7) is 3.30. The number of nitrogens with zero attached hydrogens (tertiary/aromatic N) is 1. The van der Waals surface area contributed by atoms with Crippen molar-refractivity contribution >= 4 is 17.7 Å². The second kappa shape index (κ2) is 7.38. The molecule has 2 aliphatic heterocycles. The maximum atomic E-state index is 13.0. The molecule has 2 aliphatic rings. The number of likely N-dealkylation sites (tertiary alicyclic amines) is 1. The Hall–Kier alpha value is -1.82. The molecule has 6 heteroatoms. The van der Waals surface area contributed by atoms with Gasteiger partial charge in [0.2, 0.25) is 0 Å². The number of hydrogen-bond acceptors (Lipinski definition) is 5. The number of hydrogen-bond donors (Lipinski definition) is 0. The third-order valence-electron chi connectivity index (χ3n) is 4.48. The van der Waals surface area contributed by atoms with E-state index in [1.165, 1.54) is 0 Å². The number of allylic oxidation sites excluding steroid dienone is 1. The van der Waals surface area contributed by atoms with Gasteiger partial charge in [0, 0.05) is 23.9 Å². The van der Waals surface area contributed by atoms with Crippen molar-refractivity contribution in [3.63, 3.8) is 0 Å². The summed E-state index contributed by atoms with van der Waals surface area (Å²) >= 11 is 1.59. The quantitative estimate of drug-likeness (QED) is 0.834. The van der Waals surface area contributed by atoms with E-state index in [9.17, 15) is 4.79 Å². The predicted octanol–water partition coefficient (Wildman–Crippen LogP) is 3.36. The molecule has 1 aromatic rings. The van der Waals surface area contributed by atoms with E-state index in [4.69, 9.17) is 14.2 Å². The third-order valence-corrected chi connectivity index (χ3v) is 5.60. The molecule has 1 atom stereocenters. The minimum absolute atomic E-state index is 0.0289. The molecule has 24 heavy (non-hydrogen) atoms. The van der Waals surface area contributed by atoms with Gasteiger partial charge >= 0.3 is 0 Å². The molecule has 0 unspecified atom stereocenters. The van der Waals surface area contributed by atoms with E-state index >= 15 is 0 Å². The molecule has 0 bridgehead atoms. The van der Waals surface area contributed by atoms with Crippen molar-refractivity contribution in [2.75, 3.05) is 33.1 Å². The van der Waals surface area contributed by atoms with Crippen LogP contribution in [0.15, 0.2) is 28.9 Å². The summed E-state index contributed by atoms with van der Waals surface area (Å²) in [6, 6.07) is 5.82. The molecular formula is C18H23NO4S. The SMILES string of the molecule is COc1ccc([C@@H]2CCCN2C(=O)C2=C(C)OCCS2)c(OC)c1. The first kappa shape index (κ1) is 17.0. The van der Waals surface area contributed by atoms with E-state index in [1.54, 1.807) is 26.0 Å². The third kappa shape index (κ3) is 3.20. The van der Waals surface area contributed by atoms with Crippen LogP contribution in [0.2, 0.25) is 0 Å². The van der Waals surface area contributed by atoms with E-state index in [2.05, 4.69) is 0 Å². The van der Waals surface area contributed by atoms with Crippen molar-refractivity contribution in [2.45, 2.75) is 25.8 Å². The van der Waals surface area contributed by atoms with Crippen LogP contribution in [0.4, 0.5) is 0 Å². The standard InChI is InChI=1S/C18H23NO4S/c1-12-17(24-10-9-23-12)18(20)19-8-4-5-15(19)14-7-6-13(21-2)11-16(14)22-3/h6-7,11,15H,4-5,8-10H2,1-3H3/t15-/m0/s1. The Kier molecular flexibility index (Phi) is 5.23. The Morgan fingerprint density at radius 1 is 1.33 bits per heavy atom. The zero-order chi connectivity index (χ0) is 17.1.